The lowest BCUT2D eigenvalue weighted by molar-refractivity contribution is -0.702. The van der Waals surface area contributed by atoms with Gasteiger partial charge in [-0.2, -0.15) is 9.13 Å². The van der Waals surface area contributed by atoms with Gasteiger partial charge in [0.15, 0.2) is 25.5 Å². The number of rotatable bonds is 4. The van der Waals surface area contributed by atoms with Crippen molar-refractivity contribution in [3.63, 3.8) is 0 Å². The van der Waals surface area contributed by atoms with Gasteiger partial charge in [-0.05, 0) is 24.3 Å². The molecule has 2 nitrogen and oxygen atoms in total. The summed E-state index contributed by atoms with van der Waals surface area (Å²) >= 11 is 0. The number of hydrogen-bond acceptors (Lipinski definition) is 0. The van der Waals surface area contributed by atoms with Crippen LogP contribution in [0, 0.1) is 0 Å². The lowest BCUT2D eigenvalue weighted by Gasteiger charge is -2.02. The number of para-hydroxylation sites is 2. The van der Waals surface area contributed by atoms with E-state index in [1.54, 1.807) is 0 Å². The van der Waals surface area contributed by atoms with E-state index < -0.39 is 0 Å². The molecule has 0 fully saturated rings. The minimum Gasteiger partial charge on any atom is -1.00 e. The zero-order valence-corrected chi connectivity index (χ0v) is 17.0. The number of pyridine rings is 2. The van der Waals surface area contributed by atoms with Gasteiger partial charge in [0.25, 0.3) is 0 Å². The maximum Gasteiger partial charge on any atom is 0.212 e. The highest BCUT2D eigenvalue weighted by Crippen LogP contribution is 2.09. The fourth-order valence-corrected chi connectivity index (χ4v) is 3.24. The third kappa shape index (κ3) is 4.25. The Kier molecular flexibility index (Phi) is 7.09. The van der Waals surface area contributed by atoms with Crippen molar-refractivity contribution in [2.75, 3.05) is 0 Å². The Bertz CT molecular complexity index is 880. The maximum absolute atomic E-state index is 2.35. The van der Waals surface area contributed by atoms with Gasteiger partial charge in [0.1, 0.15) is 0 Å². The molecule has 0 aliphatic heterocycles. The summed E-state index contributed by atoms with van der Waals surface area (Å²) in [5.41, 5.74) is 2.61. The van der Waals surface area contributed by atoms with Gasteiger partial charge in [0, 0.05) is 35.0 Å². The van der Waals surface area contributed by atoms with Crippen LogP contribution in [0.25, 0.3) is 21.8 Å². The topological polar surface area (TPSA) is 7.76 Å². The highest BCUT2D eigenvalue weighted by Gasteiger charge is 2.11. The number of nitrogens with zero attached hydrogens (tertiary/aromatic N) is 2. The molecule has 0 amide bonds. The summed E-state index contributed by atoms with van der Waals surface area (Å²) in [6.45, 7) is 2.05. The number of fused-ring (bicyclic) bond motifs is 2. The Labute approximate surface area is 169 Å². The van der Waals surface area contributed by atoms with Crippen molar-refractivity contribution in [1.29, 1.82) is 0 Å². The largest absolute Gasteiger partial charge is 1.00 e. The van der Waals surface area contributed by atoms with Crippen LogP contribution >= 0.6 is 0 Å². The number of hydrogen-bond donors (Lipinski definition) is 0. The van der Waals surface area contributed by atoms with E-state index in [4.69, 9.17) is 0 Å². The molecule has 4 aromatic rings. The summed E-state index contributed by atoms with van der Waals surface area (Å²) in [5, 5.41) is 2.60. The number of aromatic nitrogens is 2. The van der Waals surface area contributed by atoms with Crippen molar-refractivity contribution in [3.05, 3.63) is 85.2 Å². The van der Waals surface area contributed by atoms with Gasteiger partial charge in [-0.15, -0.1) is 0 Å². The fraction of sp³-hybridized carbons (Fsp3) is 0.143. The monoisotopic (exact) mass is 458 g/mol. The molecule has 128 valence electrons. The lowest BCUT2D eigenvalue weighted by Crippen LogP contribution is -3.00. The zero-order chi connectivity index (χ0) is 15.5. The molecule has 0 spiro atoms. The van der Waals surface area contributed by atoms with E-state index in [-0.39, 0.29) is 34.0 Å². The molecule has 0 saturated carbocycles. The predicted octanol–water partition coefficient (Wildman–Crippen LogP) is -2.33. The molecule has 0 aliphatic rings. The van der Waals surface area contributed by atoms with Crippen molar-refractivity contribution in [3.8, 4) is 0 Å². The van der Waals surface area contributed by atoms with Gasteiger partial charge in [-0.25, -0.2) is 0 Å². The first-order chi connectivity index (χ1) is 11.4. The average Bonchev–Trinajstić information content (AvgIpc) is 2.62. The Balaban J connectivity index is 0.00000113. The van der Waals surface area contributed by atoms with Crippen LogP contribution in [0.2, 0.25) is 0 Å². The number of halogens is 2. The van der Waals surface area contributed by atoms with Crippen LogP contribution in [0.1, 0.15) is 6.42 Å². The molecule has 0 saturated heterocycles. The van der Waals surface area contributed by atoms with Gasteiger partial charge in [-0.3, -0.25) is 0 Å². The SMILES string of the molecule is [Br-].[Br-].c1ccc2c(c1)ccc[n+]2CCC[n+]1cccc2ccccc21. The lowest BCUT2D eigenvalue weighted by atomic mass is 10.2. The van der Waals surface area contributed by atoms with E-state index >= 15 is 0 Å². The third-order valence-electron chi connectivity index (χ3n) is 4.37. The number of benzene rings is 2. The standard InChI is InChI=1S/C21H20N2.2BrH/c1-3-12-20-18(8-1)10-5-14-22(20)16-7-17-23-15-6-11-19-9-2-4-13-21(19)23;;/h1-6,8-15H,7,16-17H2;2*1H/q+2;;/p-2. The molecule has 2 heterocycles. The van der Waals surface area contributed by atoms with Crippen LogP contribution in [-0.4, -0.2) is 0 Å². The van der Waals surface area contributed by atoms with Gasteiger partial charge in [0.05, 0.1) is 6.42 Å². The second-order valence-electron chi connectivity index (χ2n) is 5.87. The van der Waals surface area contributed by atoms with Crippen molar-refractivity contribution in [2.45, 2.75) is 19.5 Å². The van der Waals surface area contributed by atoms with E-state index in [0.717, 1.165) is 19.5 Å². The summed E-state index contributed by atoms with van der Waals surface area (Å²) in [5.74, 6) is 0. The smallest absolute Gasteiger partial charge is 0.212 e. The molecule has 0 N–H and O–H groups in total. The Morgan fingerprint density at radius 1 is 0.520 bits per heavy atom. The Hall–Kier alpha value is -1.78. The van der Waals surface area contributed by atoms with Crippen LogP contribution < -0.4 is 43.1 Å². The summed E-state index contributed by atoms with van der Waals surface area (Å²) in [6.07, 6.45) is 5.46. The molecule has 25 heavy (non-hydrogen) atoms. The minimum atomic E-state index is 0. The van der Waals surface area contributed by atoms with Gasteiger partial charge < -0.3 is 34.0 Å². The van der Waals surface area contributed by atoms with Gasteiger partial charge in [0.2, 0.25) is 11.0 Å². The molecular formula is C21H20Br2N2. The first-order valence-corrected chi connectivity index (χ1v) is 8.16. The highest BCUT2D eigenvalue weighted by atomic mass is 79.9. The van der Waals surface area contributed by atoms with Crippen LogP contribution in [0.15, 0.2) is 85.2 Å². The number of aryl methyl sites for hydroxylation is 2. The zero-order valence-electron chi connectivity index (χ0n) is 13.9. The molecule has 0 atom stereocenters. The molecule has 0 radical (unpaired) electrons. The van der Waals surface area contributed by atoms with Crippen molar-refractivity contribution < 1.29 is 43.1 Å². The normalized spacial score (nSPS) is 10.2. The molecule has 4 heteroatoms. The van der Waals surface area contributed by atoms with Crippen molar-refractivity contribution in [2.24, 2.45) is 0 Å². The van der Waals surface area contributed by atoms with E-state index in [0.29, 0.717) is 0 Å². The van der Waals surface area contributed by atoms with Crippen LogP contribution in [0.4, 0.5) is 0 Å². The van der Waals surface area contributed by atoms with Crippen molar-refractivity contribution in [1.82, 2.24) is 0 Å². The van der Waals surface area contributed by atoms with E-state index in [1.165, 1.54) is 21.8 Å². The molecule has 2 aromatic heterocycles. The molecular weight excluding hydrogens is 440 g/mol. The maximum atomic E-state index is 2.35. The first-order valence-electron chi connectivity index (χ1n) is 8.16. The molecule has 0 unspecified atom stereocenters. The first kappa shape index (κ1) is 19.5. The molecule has 2 aromatic carbocycles. The van der Waals surface area contributed by atoms with E-state index in [2.05, 4.69) is 94.3 Å². The van der Waals surface area contributed by atoms with Crippen LogP contribution in [-0.2, 0) is 13.1 Å². The average molecular weight is 460 g/mol. The van der Waals surface area contributed by atoms with E-state index in [1.807, 2.05) is 0 Å². The quantitative estimate of drug-likeness (QED) is 0.302. The summed E-state index contributed by atoms with van der Waals surface area (Å²) < 4.78 is 4.70. The predicted molar refractivity (Wildman–Crippen MR) is 92.9 cm³/mol. The molecule has 4 rings (SSSR count). The second kappa shape index (κ2) is 9.07. The second-order valence-corrected chi connectivity index (χ2v) is 5.87. The summed E-state index contributed by atoms with van der Waals surface area (Å²) in [4.78, 5) is 0. The fourth-order valence-electron chi connectivity index (χ4n) is 3.24. The molecule has 0 aliphatic carbocycles. The van der Waals surface area contributed by atoms with E-state index in [9.17, 15) is 0 Å². The Morgan fingerprint density at radius 2 is 0.920 bits per heavy atom. The van der Waals surface area contributed by atoms with Crippen LogP contribution in [0.3, 0.4) is 0 Å². The summed E-state index contributed by atoms with van der Waals surface area (Å²) in [7, 11) is 0. The Morgan fingerprint density at radius 3 is 1.40 bits per heavy atom. The minimum absolute atomic E-state index is 0. The van der Waals surface area contributed by atoms with Crippen molar-refractivity contribution >= 4 is 21.8 Å². The van der Waals surface area contributed by atoms with Crippen LogP contribution in [0.5, 0.6) is 0 Å². The van der Waals surface area contributed by atoms with Gasteiger partial charge in [-0.1, -0.05) is 24.3 Å². The van der Waals surface area contributed by atoms with Gasteiger partial charge >= 0.3 is 0 Å². The highest BCUT2D eigenvalue weighted by molar-refractivity contribution is 5.75. The summed E-state index contributed by atoms with van der Waals surface area (Å²) in [6, 6.07) is 25.8. The molecule has 0 bridgehead atoms. The third-order valence-corrected chi connectivity index (χ3v) is 4.37.